The number of nitrogens with zero attached hydrogens (tertiary/aromatic N) is 1. The van der Waals surface area contributed by atoms with Crippen LogP contribution < -0.4 is 0 Å². The van der Waals surface area contributed by atoms with Gasteiger partial charge >= 0.3 is 0 Å². The molecule has 0 aliphatic carbocycles. The van der Waals surface area contributed by atoms with E-state index < -0.39 is 0 Å². The quantitative estimate of drug-likeness (QED) is 0.566. The van der Waals surface area contributed by atoms with Crippen LogP contribution in [0.15, 0.2) is 53.5 Å². The molecule has 0 unspecified atom stereocenters. The maximum atomic E-state index is 10.2. The second-order valence-electron chi connectivity index (χ2n) is 3.26. The Kier molecular flexibility index (Phi) is 3.16. The van der Waals surface area contributed by atoms with Crippen LogP contribution in [-0.2, 0) is 4.79 Å². The highest BCUT2D eigenvalue weighted by Gasteiger charge is 1.99. The second-order valence-corrected chi connectivity index (χ2v) is 3.70. The van der Waals surface area contributed by atoms with Crippen molar-refractivity contribution in [2.75, 3.05) is 0 Å². The molecule has 0 aromatic heterocycles. The summed E-state index contributed by atoms with van der Waals surface area (Å²) in [5, 5.41) is 0.682. The number of isocyanates is 1. The number of aliphatic imine (C=N–C) groups is 1. The fourth-order valence-electron chi connectivity index (χ4n) is 1.48. The summed E-state index contributed by atoms with van der Waals surface area (Å²) < 4.78 is 0. The van der Waals surface area contributed by atoms with Crippen molar-refractivity contribution in [1.29, 1.82) is 0 Å². The third-order valence-corrected chi connectivity index (χ3v) is 2.41. The standard InChI is InChI=1S/C13H8ClNO/c14-12-5-1-3-10(7-12)11-4-2-6-13(8-11)15-9-16/h1-8H. The summed E-state index contributed by atoms with van der Waals surface area (Å²) in [6.07, 6.45) is 1.52. The van der Waals surface area contributed by atoms with E-state index in [0.717, 1.165) is 11.1 Å². The summed E-state index contributed by atoms with van der Waals surface area (Å²) in [5.41, 5.74) is 2.56. The van der Waals surface area contributed by atoms with Gasteiger partial charge in [0.2, 0.25) is 6.08 Å². The van der Waals surface area contributed by atoms with Crippen molar-refractivity contribution in [2.24, 2.45) is 4.99 Å². The highest BCUT2D eigenvalue weighted by atomic mass is 35.5. The van der Waals surface area contributed by atoms with E-state index >= 15 is 0 Å². The molecule has 0 spiro atoms. The zero-order chi connectivity index (χ0) is 11.4. The van der Waals surface area contributed by atoms with Crippen molar-refractivity contribution in [3.8, 4) is 11.1 Å². The first-order valence-electron chi connectivity index (χ1n) is 4.73. The summed E-state index contributed by atoms with van der Waals surface area (Å²) >= 11 is 5.91. The zero-order valence-electron chi connectivity index (χ0n) is 8.35. The normalized spacial score (nSPS) is 9.56. The van der Waals surface area contributed by atoms with Gasteiger partial charge in [0.05, 0.1) is 5.69 Å². The van der Waals surface area contributed by atoms with E-state index in [-0.39, 0.29) is 0 Å². The van der Waals surface area contributed by atoms with Gasteiger partial charge in [-0.15, -0.1) is 0 Å². The van der Waals surface area contributed by atoms with Crippen molar-refractivity contribution < 1.29 is 4.79 Å². The fourth-order valence-corrected chi connectivity index (χ4v) is 1.67. The molecule has 2 aromatic carbocycles. The molecule has 16 heavy (non-hydrogen) atoms. The van der Waals surface area contributed by atoms with Gasteiger partial charge in [0.1, 0.15) is 0 Å². The largest absolute Gasteiger partial charge is 0.240 e. The molecule has 0 heterocycles. The maximum Gasteiger partial charge on any atom is 0.240 e. The third-order valence-electron chi connectivity index (χ3n) is 2.18. The average Bonchev–Trinajstić information content (AvgIpc) is 2.30. The van der Waals surface area contributed by atoms with E-state index in [0.29, 0.717) is 10.7 Å². The Bertz CT molecular complexity index is 559. The summed E-state index contributed by atoms with van der Waals surface area (Å²) in [7, 11) is 0. The van der Waals surface area contributed by atoms with Gasteiger partial charge < -0.3 is 0 Å². The first-order valence-corrected chi connectivity index (χ1v) is 5.11. The van der Waals surface area contributed by atoms with Crippen LogP contribution in [0.2, 0.25) is 5.02 Å². The summed E-state index contributed by atoms with van der Waals surface area (Å²) in [6, 6.07) is 14.9. The minimum Gasteiger partial charge on any atom is -0.211 e. The van der Waals surface area contributed by atoms with Gasteiger partial charge in [-0.3, -0.25) is 0 Å². The van der Waals surface area contributed by atoms with E-state index in [1.165, 1.54) is 6.08 Å². The summed E-state index contributed by atoms with van der Waals surface area (Å²) in [6.45, 7) is 0. The molecule has 2 rings (SSSR count). The lowest BCUT2D eigenvalue weighted by Crippen LogP contribution is -1.76. The van der Waals surface area contributed by atoms with Gasteiger partial charge in [-0.05, 0) is 35.4 Å². The summed E-state index contributed by atoms with van der Waals surface area (Å²) in [4.78, 5) is 13.7. The number of hydrogen-bond donors (Lipinski definition) is 0. The molecular weight excluding hydrogens is 222 g/mol. The molecule has 2 aromatic rings. The van der Waals surface area contributed by atoms with E-state index in [4.69, 9.17) is 11.6 Å². The van der Waals surface area contributed by atoms with Crippen LogP contribution in [0.4, 0.5) is 5.69 Å². The summed E-state index contributed by atoms with van der Waals surface area (Å²) in [5.74, 6) is 0. The molecule has 2 nitrogen and oxygen atoms in total. The molecule has 0 radical (unpaired) electrons. The van der Waals surface area contributed by atoms with Gasteiger partial charge in [-0.2, -0.15) is 4.99 Å². The predicted molar refractivity (Wildman–Crippen MR) is 64.7 cm³/mol. The van der Waals surface area contributed by atoms with E-state index in [2.05, 4.69) is 4.99 Å². The van der Waals surface area contributed by atoms with Crippen LogP contribution in [0.3, 0.4) is 0 Å². The zero-order valence-corrected chi connectivity index (χ0v) is 9.11. The SMILES string of the molecule is O=C=Nc1cccc(-c2cccc(Cl)c2)c1. The van der Waals surface area contributed by atoms with Crippen LogP contribution >= 0.6 is 11.6 Å². The predicted octanol–water partition coefficient (Wildman–Crippen LogP) is 3.97. The molecule has 0 aliphatic rings. The highest BCUT2D eigenvalue weighted by Crippen LogP contribution is 2.25. The second kappa shape index (κ2) is 4.75. The molecule has 78 valence electrons. The maximum absolute atomic E-state index is 10.2. The number of carbonyl (C=O) groups excluding carboxylic acids is 1. The average molecular weight is 230 g/mol. The Balaban J connectivity index is 2.48. The molecule has 0 fully saturated rings. The molecule has 0 saturated carbocycles. The van der Waals surface area contributed by atoms with Crippen LogP contribution in [0.25, 0.3) is 11.1 Å². The lowest BCUT2D eigenvalue weighted by atomic mass is 10.1. The van der Waals surface area contributed by atoms with Crippen LogP contribution in [0.1, 0.15) is 0 Å². The third kappa shape index (κ3) is 2.37. The molecule has 0 atom stereocenters. The smallest absolute Gasteiger partial charge is 0.211 e. The Labute approximate surface area is 98.2 Å². The van der Waals surface area contributed by atoms with E-state index in [9.17, 15) is 4.79 Å². The van der Waals surface area contributed by atoms with Crippen LogP contribution in [-0.4, -0.2) is 6.08 Å². The van der Waals surface area contributed by atoms with Gasteiger partial charge in [-0.1, -0.05) is 35.9 Å². The minimum absolute atomic E-state index is 0.590. The molecule has 0 N–H and O–H groups in total. The molecule has 0 bridgehead atoms. The first-order chi connectivity index (χ1) is 7.79. The number of halogens is 1. The Hall–Kier alpha value is -1.89. The van der Waals surface area contributed by atoms with Crippen molar-refractivity contribution in [3.05, 3.63) is 53.6 Å². The van der Waals surface area contributed by atoms with Gasteiger partial charge in [0, 0.05) is 5.02 Å². The van der Waals surface area contributed by atoms with Gasteiger partial charge in [0.25, 0.3) is 0 Å². The first kappa shape index (κ1) is 10.6. The Morgan fingerprint density at radius 2 is 1.69 bits per heavy atom. The molecule has 0 aliphatic heterocycles. The topological polar surface area (TPSA) is 29.4 Å². The molecule has 0 amide bonds. The lowest BCUT2D eigenvalue weighted by molar-refractivity contribution is 0.565. The highest BCUT2D eigenvalue weighted by molar-refractivity contribution is 6.30. The van der Waals surface area contributed by atoms with E-state index in [1.54, 1.807) is 6.07 Å². The molecule has 0 saturated heterocycles. The van der Waals surface area contributed by atoms with Crippen molar-refractivity contribution in [3.63, 3.8) is 0 Å². The van der Waals surface area contributed by atoms with Gasteiger partial charge in [-0.25, -0.2) is 4.79 Å². The lowest BCUT2D eigenvalue weighted by Gasteiger charge is -2.02. The van der Waals surface area contributed by atoms with E-state index in [1.807, 2.05) is 42.5 Å². The van der Waals surface area contributed by atoms with Crippen molar-refractivity contribution in [1.82, 2.24) is 0 Å². The Morgan fingerprint density at radius 1 is 1.00 bits per heavy atom. The van der Waals surface area contributed by atoms with Crippen molar-refractivity contribution >= 4 is 23.4 Å². The minimum atomic E-state index is 0.590. The fraction of sp³-hybridized carbons (Fsp3) is 0. The molecule has 3 heteroatoms. The Morgan fingerprint density at radius 3 is 2.38 bits per heavy atom. The van der Waals surface area contributed by atoms with Crippen LogP contribution in [0.5, 0.6) is 0 Å². The molecular formula is C13H8ClNO. The van der Waals surface area contributed by atoms with Crippen molar-refractivity contribution in [2.45, 2.75) is 0 Å². The number of rotatable bonds is 2. The van der Waals surface area contributed by atoms with Crippen LogP contribution in [0, 0.1) is 0 Å². The van der Waals surface area contributed by atoms with Gasteiger partial charge in [0.15, 0.2) is 0 Å². The monoisotopic (exact) mass is 229 g/mol. The number of benzene rings is 2. The number of hydrogen-bond acceptors (Lipinski definition) is 2.